The van der Waals surface area contributed by atoms with Gasteiger partial charge in [-0.05, 0) is 6.42 Å². The van der Waals surface area contributed by atoms with Crippen LogP contribution in [0, 0.1) is 0 Å². The van der Waals surface area contributed by atoms with Crippen molar-refractivity contribution in [1.29, 1.82) is 0 Å². The SMILES string of the molecule is [2H]N([2H])[C@@H](CCC(=O)N[C@@H](CS)C(=O)NCC(=O)O)C(=O)O. The van der Waals surface area contributed by atoms with Crippen molar-refractivity contribution < 1.29 is 32.2 Å². The molecule has 0 aliphatic carbocycles. The van der Waals surface area contributed by atoms with E-state index in [-0.39, 0.29) is 24.3 Å². The standard InChI is InChI=1S/C10H17N3O6S/c11-5(10(18)19)1-2-7(14)13-6(4-20)9(17)12-3-8(15)16/h5-6,20H,1-4,11H2,(H,12,17)(H,13,14)(H,15,16)(H,18,19)/t5-,6-/m0/s1/i/hD2. The van der Waals surface area contributed by atoms with E-state index in [1.54, 1.807) is 0 Å². The van der Waals surface area contributed by atoms with Gasteiger partial charge in [0.25, 0.3) is 0 Å². The number of carboxylic acids is 2. The Kier molecular flexibility index (Phi) is 6.68. The molecule has 0 heterocycles. The molecule has 0 unspecified atom stereocenters. The van der Waals surface area contributed by atoms with Crippen molar-refractivity contribution in [3.8, 4) is 0 Å². The van der Waals surface area contributed by atoms with Gasteiger partial charge in [0, 0.05) is 12.2 Å². The Hall–Kier alpha value is -1.81. The lowest BCUT2D eigenvalue weighted by molar-refractivity contribution is -0.139. The van der Waals surface area contributed by atoms with Crippen molar-refractivity contribution in [2.24, 2.45) is 5.72 Å². The second-order valence-electron chi connectivity index (χ2n) is 3.81. The first-order chi connectivity index (χ1) is 10.2. The largest absolute Gasteiger partial charge is 0.480 e. The zero-order valence-electron chi connectivity index (χ0n) is 12.4. The van der Waals surface area contributed by atoms with Crippen LogP contribution in [-0.4, -0.2) is 58.3 Å². The second-order valence-corrected chi connectivity index (χ2v) is 4.17. The van der Waals surface area contributed by atoms with Crippen molar-refractivity contribution in [2.45, 2.75) is 24.9 Å². The number of thiol groups is 1. The van der Waals surface area contributed by atoms with E-state index in [4.69, 9.17) is 13.0 Å². The van der Waals surface area contributed by atoms with Gasteiger partial charge in [0.2, 0.25) is 11.8 Å². The highest BCUT2D eigenvalue weighted by Gasteiger charge is 2.20. The van der Waals surface area contributed by atoms with Crippen molar-refractivity contribution in [3.05, 3.63) is 0 Å². The Morgan fingerprint density at radius 2 is 1.95 bits per heavy atom. The Balaban J connectivity index is 4.39. The van der Waals surface area contributed by atoms with E-state index in [9.17, 15) is 19.2 Å². The number of carbonyl (C=O) groups excluding carboxylic acids is 2. The third-order valence-corrected chi connectivity index (χ3v) is 2.54. The molecule has 0 fully saturated rings. The van der Waals surface area contributed by atoms with Crippen LogP contribution in [0.3, 0.4) is 0 Å². The van der Waals surface area contributed by atoms with E-state index in [0.29, 0.717) is 0 Å². The van der Waals surface area contributed by atoms with Gasteiger partial charge in [-0.2, -0.15) is 12.6 Å². The molecule has 0 saturated carbocycles. The Labute approximate surface area is 123 Å². The summed E-state index contributed by atoms with van der Waals surface area (Å²) in [6.45, 7) is -0.604. The summed E-state index contributed by atoms with van der Waals surface area (Å²) < 4.78 is 13.8. The monoisotopic (exact) mass is 309 g/mol. The molecule has 0 spiro atoms. The Morgan fingerprint density at radius 3 is 2.40 bits per heavy atom. The summed E-state index contributed by atoms with van der Waals surface area (Å²) in [6, 6.07) is -2.54. The van der Waals surface area contributed by atoms with Crippen LogP contribution in [-0.2, 0) is 19.2 Å². The second kappa shape index (κ2) is 9.15. The maximum absolute atomic E-state index is 11.6. The van der Waals surface area contributed by atoms with Gasteiger partial charge in [0.05, 0.1) is 0 Å². The molecule has 0 aromatic carbocycles. The van der Waals surface area contributed by atoms with Crippen LogP contribution in [0.15, 0.2) is 0 Å². The van der Waals surface area contributed by atoms with Gasteiger partial charge in [-0.3, -0.25) is 19.2 Å². The lowest BCUT2D eigenvalue weighted by Gasteiger charge is -2.16. The predicted molar refractivity (Wildman–Crippen MR) is 71.3 cm³/mol. The van der Waals surface area contributed by atoms with Crippen molar-refractivity contribution in [3.63, 3.8) is 0 Å². The van der Waals surface area contributed by atoms with Gasteiger partial charge in [0.1, 0.15) is 21.5 Å². The Morgan fingerprint density at radius 1 is 1.30 bits per heavy atom. The van der Waals surface area contributed by atoms with Crippen LogP contribution in [0.25, 0.3) is 0 Å². The fraction of sp³-hybridized carbons (Fsp3) is 0.600. The molecule has 20 heavy (non-hydrogen) atoms. The van der Waals surface area contributed by atoms with E-state index in [1.165, 1.54) is 0 Å². The van der Waals surface area contributed by atoms with E-state index in [0.717, 1.165) is 0 Å². The van der Waals surface area contributed by atoms with Gasteiger partial charge in [-0.25, -0.2) is 0 Å². The summed E-state index contributed by atoms with van der Waals surface area (Å²) >= 11 is 3.86. The van der Waals surface area contributed by atoms with Gasteiger partial charge >= 0.3 is 11.9 Å². The summed E-state index contributed by atoms with van der Waals surface area (Å²) in [7, 11) is 0. The first-order valence-electron chi connectivity index (χ1n) is 6.48. The maximum Gasteiger partial charge on any atom is 0.322 e. The molecule has 0 rings (SSSR count). The highest BCUT2D eigenvalue weighted by atomic mass is 32.1. The molecule has 10 heteroatoms. The van der Waals surface area contributed by atoms with E-state index in [2.05, 4.69) is 23.3 Å². The van der Waals surface area contributed by atoms with Crippen LogP contribution in [0.2, 0.25) is 2.82 Å². The molecule has 114 valence electrons. The molecule has 6 N–H and O–H groups in total. The van der Waals surface area contributed by atoms with Crippen LogP contribution in [0.4, 0.5) is 0 Å². The number of carbonyl (C=O) groups is 4. The molecule has 0 aliphatic rings. The fourth-order valence-electron chi connectivity index (χ4n) is 1.14. The smallest absolute Gasteiger partial charge is 0.322 e. The highest BCUT2D eigenvalue weighted by molar-refractivity contribution is 7.80. The van der Waals surface area contributed by atoms with Crippen molar-refractivity contribution in [2.75, 3.05) is 12.3 Å². The minimum Gasteiger partial charge on any atom is -0.480 e. The van der Waals surface area contributed by atoms with Gasteiger partial charge in [-0.1, -0.05) is 0 Å². The minimum absolute atomic E-state index is 0.0225. The molecule has 0 aromatic heterocycles. The Bertz CT molecular complexity index is 437. The lowest BCUT2D eigenvalue weighted by atomic mass is 10.1. The summed E-state index contributed by atoms with van der Waals surface area (Å²) in [5.74, 6) is -4.14. The van der Waals surface area contributed by atoms with E-state index < -0.39 is 42.4 Å². The minimum atomic E-state index is -1.47. The summed E-state index contributed by atoms with van der Waals surface area (Å²) in [5, 5.41) is 21.5. The number of amides is 2. The first-order valence-corrected chi connectivity index (χ1v) is 6.21. The lowest BCUT2D eigenvalue weighted by Crippen LogP contribution is -2.49. The van der Waals surface area contributed by atoms with Crippen LogP contribution in [0.5, 0.6) is 0 Å². The average Bonchev–Trinajstić information content (AvgIpc) is 2.41. The third kappa shape index (κ3) is 7.59. The molecule has 0 radical (unpaired) electrons. The molecule has 0 bridgehead atoms. The number of hydrogen-bond donors (Lipinski definition) is 6. The van der Waals surface area contributed by atoms with Crippen LogP contribution in [0.1, 0.15) is 12.8 Å². The van der Waals surface area contributed by atoms with E-state index in [1.807, 2.05) is 0 Å². The van der Waals surface area contributed by atoms with Gasteiger partial charge in [0.15, 0.2) is 0 Å². The molecule has 2 atom stereocenters. The van der Waals surface area contributed by atoms with Crippen molar-refractivity contribution in [1.82, 2.24) is 10.6 Å². The summed E-state index contributed by atoms with van der Waals surface area (Å²) in [4.78, 5) is 44.3. The molecule has 2 amide bonds. The number of hydrogen-bond acceptors (Lipinski definition) is 6. The molecule has 9 nitrogen and oxygen atoms in total. The predicted octanol–water partition coefficient (Wildman–Crippen LogP) is -2.21. The number of carboxylic acid groups (broad SMARTS) is 2. The van der Waals surface area contributed by atoms with Gasteiger partial charge in [-0.15, -0.1) is 0 Å². The quantitative estimate of drug-likeness (QED) is 0.250. The zero-order chi connectivity index (χ0) is 17.3. The molecule has 0 aromatic rings. The first kappa shape index (κ1) is 14.6. The third-order valence-electron chi connectivity index (χ3n) is 2.18. The summed E-state index contributed by atoms with van der Waals surface area (Å²) in [6.07, 6.45) is -0.605. The van der Waals surface area contributed by atoms with Crippen LogP contribution < -0.4 is 16.4 Å². The number of nitrogens with two attached hydrogens (primary N) is 1. The number of rotatable bonds is 10. The van der Waals surface area contributed by atoms with Gasteiger partial charge < -0.3 is 26.6 Å². The van der Waals surface area contributed by atoms with Crippen LogP contribution >= 0.6 is 12.6 Å². The van der Waals surface area contributed by atoms with Crippen molar-refractivity contribution >= 4 is 36.4 Å². The number of aliphatic carboxylic acids is 2. The molecule has 0 aliphatic heterocycles. The molecule has 0 saturated heterocycles. The highest BCUT2D eigenvalue weighted by Crippen LogP contribution is 1.97. The molecular weight excluding hydrogens is 290 g/mol. The fourth-order valence-corrected chi connectivity index (χ4v) is 1.39. The number of nitrogens with one attached hydrogen (secondary N) is 2. The average molecular weight is 309 g/mol. The summed E-state index contributed by atoms with van der Waals surface area (Å²) in [5.41, 5.74) is -0.0225. The van der Waals surface area contributed by atoms with E-state index >= 15 is 0 Å². The topological polar surface area (TPSA) is 159 Å². The normalized spacial score (nSPS) is 14.7. The molecular formula is C10H17N3O6S. The zero-order valence-corrected chi connectivity index (χ0v) is 11.3. The maximum atomic E-state index is 11.6.